The van der Waals surface area contributed by atoms with Gasteiger partial charge in [-0.2, -0.15) is 4.68 Å². The number of hydrogen-bond acceptors (Lipinski definition) is 7. The number of anilines is 1. The molecule has 1 N–H and O–H groups in total. The molecule has 146 valence electrons. The number of aromatic nitrogens is 4. The zero-order valence-corrected chi connectivity index (χ0v) is 17.2. The molecule has 0 bridgehead atoms. The van der Waals surface area contributed by atoms with Crippen LogP contribution in [-0.4, -0.2) is 52.7 Å². The predicted octanol–water partition coefficient (Wildman–Crippen LogP) is 3.16. The second kappa shape index (κ2) is 8.48. The lowest BCUT2D eigenvalue weighted by Gasteiger charge is -2.16. The van der Waals surface area contributed by atoms with E-state index >= 15 is 0 Å². The van der Waals surface area contributed by atoms with E-state index in [1.807, 2.05) is 38.4 Å². The van der Waals surface area contributed by atoms with E-state index in [1.165, 1.54) is 5.69 Å². The standard InChI is InChI=1S/C19H21ClN6OS/c1-25(2)15-7-3-13(4-8-15)18-21-11-17(27-18)12-28-19-22-23-24-26(19)16-9-5-14(20)6-10-16/h3-10,17-18,21H,11-12H2,1-2H3/t17-,18-/m1/s1. The van der Waals surface area contributed by atoms with Gasteiger partial charge in [-0.15, -0.1) is 5.10 Å². The summed E-state index contributed by atoms with van der Waals surface area (Å²) >= 11 is 7.53. The number of benzene rings is 2. The van der Waals surface area contributed by atoms with E-state index in [4.69, 9.17) is 16.3 Å². The fourth-order valence-electron chi connectivity index (χ4n) is 2.95. The summed E-state index contributed by atoms with van der Waals surface area (Å²) in [5.41, 5.74) is 3.17. The summed E-state index contributed by atoms with van der Waals surface area (Å²) in [6.45, 7) is 0.787. The second-order valence-electron chi connectivity index (χ2n) is 6.69. The lowest BCUT2D eigenvalue weighted by molar-refractivity contribution is 0.0534. The first-order valence-corrected chi connectivity index (χ1v) is 10.3. The number of nitrogens with zero attached hydrogens (tertiary/aromatic N) is 5. The minimum atomic E-state index is -0.0888. The van der Waals surface area contributed by atoms with Crippen molar-refractivity contribution in [3.05, 3.63) is 59.1 Å². The SMILES string of the molecule is CN(C)c1ccc([C@@H]2NC[C@H](CSc3nnnn3-c3ccc(Cl)cc3)O2)cc1. The van der Waals surface area contributed by atoms with Crippen molar-refractivity contribution in [3.8, 4) is 5.69 Å². The van der Waals surface area contributed by atoms with Crippen molar-refractivity contribution in [2.75, 3.05) is 31.3 Å². The van der Waals surface area contributed by atoms with E-state index in [1.54, 1.807) is 16.4 Å². The first-order chi connectivity index (χ1) is 13.6. The zero-order chi connectivity index (χ0) is 19.5. The van der Waals surface area contributed by atoms with E-state index in [0.29, 0.717) is 5.02 Å². The highest BCUT2D eigenvalue weighted by atomic mass is 35.5. The van der Waals surface area contributed by atoms with E-state index in [0.717, 1.165) is 28.7 Å². The molecule has 7 nitrogen and oxygen atoms in total. The maximum atomic E-state index is 6.17. The second-order valence-corrected chi connectivity index (χ2v) is 8.12. The van der Waals surface area contributed by atoms with Gasteiger partial charge in [-0.05, 0) is 52.4 Å². The fourth-order valence-corrected chi connectivity index (χ4v) is 3.97. The van der Waals surface area contributed by atoms with Gasteiger partial charge >= 0.3 is 0 Å². The third-order valence-corrected chi connectivity index (χ3v) is 5.79. The Kier molecular flexibility index (Phi) is 5.82. The van der Waals surface area contributed by atoms with Crippen LogP contribution in [0.1, 0.15) is 11.8 Å². The van der Waals surface area contributed by atoms with Crippen LogP contribution in [0.15, 0.2) is 53.7 Å². The van der Waals surface area contributed by atoms with Gasteiger partial charge < -0.3 is 9.64 Å². The number of ether oxygens (including phenoxy) is 1. The largest absolute Gasteiger partial charge is 0.378 e. The molecule has 1 aliphatic heterocycles. The van der Waals surface area contributed by atoms with Gasteiger partial charge in [-0.1, -0.05) is 35.5 Å². The molecule has 9 heteroatoms. The summed E-state index contributed by atoms with van der Waals surface area (Å²) in [4.78, 5) is 2.08. The van der Waals surface area contributed by atoms with Crippen LogP contribution in [-0.2, 0) is 4.74 Å². The van der Waals surface area contributed by atoms with Crippen LogP contribution < -0.4 is 10.2 Å². The molecule has 0 aliphatic carbocycles. The number of thioether (sulfide) groups is 1. The minimum Gasteiger partial charge on any atom is -0.378 e. The van der Waals surface area contributed by atoms with Gasteiger partial charge in [0.15, 0.2) is 0 Å². The first-order valence-electron chi connectivity index (χ1n) is 8.93. The molecule has 0 unspecified atom stereocenters. The van der Waals surface area contributed by atoms with Crippen LogP contribution in [0.5, 0.6) is 0 Å². The molecule has 2 aromatic carbocycles. The summed E-state index contributed by atoms with van der Waals surface area (Å²) in [6, 6.07) is 15.8. The van der Waals surface area contributed by atoms with Crippen molar-refractivity contribution in [2.24, 2.45) is 0 Å². The Hall–Kier alpha value is -2.13. The Labute approximate surface area is 173 Å². The van der Waals surface area contributed by atoms with Crippen LogP contribution in [0.25, 0.3) is 5.69 Å². The number of rotatable bonds is 6. The highest BCUT2D eigenvalue weighted by Crippen LogP contribution is 2.27. The molecule has 4 rings (SSSR count). The van der Waals surface area contributed by atoms with Gasteiger partial charge in [0.05, 0.1) is 11.8 Å². The predicted molar refractivity (Wildman–Crippen MR) is 111 cm³/mol. The third-order valence-electron chi connectivity index (χ3n) is 4.48. The summed E-state index contributed by atoms with van der Waals surface area (Å²) in [5, 5.41) is 16.8. The maximum Gasteiger partial charge on any atom is 0.214 e. The van der Waals surface area contributed by atoms with E-state index in [2.05, 4.69) is 50.0 Å². The smallest absolute Gasteiger partial charge is 0.214 e. The van der Waals surface area contributed by atoms with Gasteiger partial charge in [0, 0.05) is 37.1 Å². The highest BCUT2D eigenvalue weighted by Gasteiger charge is 2.26. The van der Waals surface area contributed by atoms with Gasteiger partial charge in [0.25, 0.3) is 0 Å². The summed E-state index contributed by atoms with van der Waals surface area (Å²) in [5.74, 6) is 0.757. The molecule has 0 spiro atoms. The molecule has 0 amide bonds. The number of halogens is 1. The Morgan fingerprint density at radius 2 is 1.93 bits per heavy atom. The summed E-state index contributed by atoms with van der Waals surface area (Å²) in [7, 11) is 4.06. The number of nitrogens with one attached hydrogen (secondary N) is 1. The Bertz CT molecular complexity index is 915. The van der Waals surface area contributed by atoms with Crippen molar-refractivity contribution in [1.29, 1.82) is 0 Å². The normalized spacial score (nSPS) is 19.1. The van der Waals surface area contributed by atoms with E-state index in [9.17, 15) is 0 Å². The molecule has 2 heterocycles. The molecule has 28 heavy (non-hydrogen) atoms. The Morgan fingerprint density at radius 1 is 1.18 bits per heavy atom. The Morgan fingerprint density at radius 3 is 2.64 bits per heavy atom. The summed E-state index contributed by atoms with van der Waals surface area (Å²) < 4.78 is 7.88. The van der Waals surface area contributed by atoms with Crippen molar-refractivity contribution in [3.63, 3.8) is 0 Å². The van der Waals surface area contributed by atoms with Crippen LogP contribution >= 0.6 is 23.4 Å². The average Bonchev–Trinajstić information content (AvgIpc) is 3.36. The Balaban J connectivity index is 1.35. The molecule has 0 radical (unpaired) electrons. The third kappa shape index (κ3) is 4.30. The van der Waals surface area contributed by atoms with Crippen molar-refractivity contribution in [2.45, 2.75) is 17.5 Å². The molecular formula is C19H21ClN6OS. The van der Waals surface area contributed by atoms with E-state index in [-0.39, 0.29) is 12.3 Å². The van der Waals surface area contributed by atoms with Gasteiger partial charge in [0.1, 0.15) is 6.23 Å². The van der Waals surface area contributed by atoms with Crippen LogP contribution in [0.2, 0.25) is 5.02 Å². The molecule has 1 aromatic heterocycles. The lowest BCUT2D eigenvalue weighted by atomic mass is 10.2. The van der Waals surface area contributed by atoms with E-state index < -0.39 is 0 Å². The number of hydrogen-bond donors (Lipinski definition) is 1. The maximum absolute atomic E-state index is 6.17. The van der Waals surface area contributed by atoms with Crippen molar-refractivity contribution in [1.82, 2.24) is 25.5 Å². The van der Waals surface area contributed by atoms with Gasteiger partial charge in [-0.25, -0.2) is 0 Å². The van der Waals surface area contributed by atoms with Crippen molar-refractivity contribution >= 4 is 29.1 Å². The summed E-state index contributed by atoms with van der Waals surface area (Å²) in [6.07, 6.45) is -0.00651. The molecule has 1 aliphatic rings. The lowest BCUT2D eigenvalue weighted by Crippen LogP contribution is -2.17. The van der Waals surface area contributed by atoms with Gasteiger partial charge in [-0.3, -0.25) is 5.32 Å². The molecule has 3 aromatic rings. The first kappa shape index (κ1) is 19.2. The molecule has 2 atom stereocenters. The van der Waals surface area contributed by atoms with Crippen LogP contribution in [0.3, 0.4) is 0 Å². The molecular weight excluding hydrogens is 396 g/mol. The molecule has 0 saturated carbocycles. The quantitative estimate of drug-likeness (QED) is 0.619. The minimum absolute atomic E-state index is 0.0823. The fraction of sp³-hybridized carbons (Fsp3) is 0.316. The highest BCUT2D eigenvalue weighted by molar-refractivity contribution is 7.99. The molecule has 1 saturated heterocycles. The topological polar surface area (TPSA) is 68.1 Å². The average molecular weight is 417 g/mol. The zero-order valence-electron chi connectivity index (χ0n) is 15.6. The van der Waals surface area contributed by atoms with Crippen molar-refractivity contribution < 1.29 is 4.74 Å². The van der Waals surface area contributed by atoms with Crippen LogP contribution in [0.4, 0.5) is 5.69 Å². The number of tetrazole rings is 1. The monoisotopic (exact) mass is 416 g/mol. The van der Waals surface area contributed by atoms with Gasteiger partial charge in [0.2, 0.25) is 5.16 Å². The molecule has 1 fully saturated rings. The van der Waals surface area contributed by atoms with Crippen LogP contribution in [0, 0.1) is 0 Å².